The van der Waals surface area contributed by atoms with Crippen molar-refractivity contribution in [3.8, 4) is 34.3 Å². The maximum Gasteiger partial charge on any atom is 0.258 e. The molecule has 4 aromatic rings. The average molecular weight is 433 g/mol. The lowest BCUT2D eigenvalue weighted by Crippen LogP contribution is -2.17. The SMILES string of the molecule is CCOc1ccc(-c2nc(-c3ccc4[nH]cc(CN5CCCC5)c4c3)no2)cc1OCC. The van der Waals surface area contributed by atoms with Gasteiger partial charge in [0.05, 0.1) is 13.2 Å². The molecule has 0 atom stereocenters. The third kappa shape index (κ3) is 4.08. The van der Waals surface area contributed by atoms with E-state index in [0.29, 0.717) is 36.4 Å². The predicted octanol–water partition coefficient (Wildman–Crippen LogP) is 5.28. The molecule has 5 rings (SSSR count). The Balaban J connectivity index is 1.43. The summed E-state index contributed by atoms with van der Waals surface area (Å²) in [7, 11) is 0. The molecule has 7 heteroatoms. The Morgan fingerprint density at radius 1 is 0.969 bits per heavy atom. The van der Waals surface area contributed by atoms with Gasteiger partial charge in [-0.05, 0) is 81.7 Å². The summed E-state index contributed by atoms with van der Waals surface area (Å²) in [5.74, 6) is 2.41. The van der Waals surface area contributed by atoms with Crippen LogP contribution in [0.15, 0.2) is 47.1 Å². The topological polar surface area (TPSA) is 76.4 Å². The molecule has 7 nitrogen and oxygen atoms in total. The highest BCUT2D eigenvalue weighted by molar-refractivity contribution is 5.87. The zero-order valence-electron chi connectivity index (χ0n) is 18.6. The predicted molar refractivity (Wildman–Crippen MR) is 124 cm³/mol. The highest BCUT2D eigenvalue weighted by atomic mass is 16.5. The number of hydrogen-bond donors (Lipinski definition) is 1. The smallest absolute Gasteiger partial charge is 0.258 e. The number of aromatic amines is 1. The number of hydrogen-bond acceptors (Lipinski definition) is 6. The van der Waals surface area contributed by atoms with Gasteiger partial charge in [0.15, 0.2) is 11.5 Å². The number of rotatable bonds is 8. The van der Waals surface area contributed by atoms with E-state index in [4.69, 9.17) is 14.0 Å². The van der Waals surface area contributed by atoms with Gasteiger partial charge in [-0.15, -0.1) is 0 Å². The first-order chi connectivity index (χ1) is 15.7. The van der Waals surface area contributed by atoms with Gasteiger partial charge < -0.3 is 19.0 Å². The van der Waals surface area contributed by atoms with Crippen LogP contribution in [0.1, 0.15) is 32.3 Å². The molecule has 1 aliphatic heterocycles. The van der Waals surface area contributed by atoms with Crippen LogP contribution in [0.3, 0.4) is 0 Å². The van der Waals surface area contributed by atoms with Crippen LogP contribution in [-0.2, 0) is 6.54 Å². The minimum atomic E-state index is 0.454. The van der Waals surface area contributed by atoms with Crippen LogP contribution in [0.4, 0.5) is 0 Å². The van der Waals surface area contributed by atoms with E-state index in [2.05, 4.69) is 38.4 Å². The van der Waals surface area contributed by atoms with Gasteiger partial charge in [0.2, 0.25) is 5.82 Å². The molecule has 166 valence electrons. The van der Waals surface area contributed by atoms with Crippen LogP contribution in [0, 0.1) is 0 Å². The molecule has 0 amide bonds. The molecule has 1 N–H and O–H groups in total. The van der Waals surface area contributed by atoms with Gasteiger partial charge in [0, 0.05) is 34.8 Å². The van der Waals surface area contributed by atoms with Crippen molar-refractivity contribution in [3.63, 3.8) is 0 Å². The second-order valence-corrected chi connectivity index (χ2v) is 8.01. The van der Waals surface area contributed by atoms with Crippen LogP contribution >= 0.6 is 0 Å². The van der Waals surface area contributed by atoms with E-state index >= 15 is 0 Å². The Labute approximate surface area is 187 Å². The largest absolute Gasteiger partial charge is 0.490 e. The van der Waals surface area contributed by atoms with Gasteiger partial charge in [0.25, 0.3) is 5.89 Å². The number of H-pyrrole nitrogens is 1. The molecule has 0 radical (unpaired) electrons. The zero-order chi connectivity index (χ0) is 21.9. The summed E-state index contributed by atoms with van der Waals surface area (Å²) in [6.07, 6.45) is 4.69. The van der Waals surface area contributed by atoms with E-state index in [-0.39, 0.29) is 0 Å². The molecule has 0 unspecified atom stereocenters. The van der Waals surface area contributed by atoms with Crippen molar-refractivity contribution >= 4 is 10.9 Å². The van der Waals surface area contributed by atoms with E-state index in [1.54, 1.807) is 0 Å². The van der Waals surface area contributed by atoms with Crippen molar-refractivity contribution in [1.82, 2.24) is 20.0 Å². The lowest BCUT2D eigenvalue weighted by atomic mass is 10.1. The number of fused-ring (bicyclic) bond motifs is 1. The molecule has 32 heavy (non-hydrogen) atoms. The normalized spacial score (nSPS) is 14.3. The minimum absolute atomic E-state index is 0.454. The summed E-state index contributed by atoms with van der Waals surface area (Å²) in [6.45, 7) is 8.33. The fourth-order valence-corrected chi connectivity index (χ4v) is 4.27. The molecule has 1 saturated heterocycles. The lowest BCUT2D eigenvalue weighted by Gasteiger charge is -2.13. The van der Waals surface area contributed by atoms with Crippen molar-refractivity contribution in [2.24, 2.45) is 0 Å². The third-order valence-electron chi connectivity index (χ3n) is 5.83. The molecule has 1 aliphatic rings. The Bertz CT molecular complexity index is 1210. The first kappa shape index (κ1) is 20.6. The van der Waals surface area contributed by atoms with Crippen molar-refractivity contribution in [3.05, 3.63) is 48.2 Å². The molecule has 0 saturated carbocycles. The molecule has 0 spiro atoms. The van der Waals surface area contributed by atoms with Gasteiger partial charge in [-0.25, -0.2) is 0 Å². The van der Waals surface area contributed by atoms with Crippen LogP contribution < -0.4 is 9.47 Å². The van der Waals surface area contributed by atoms with Crippen LogP contribution in [0.5, 0.6) is 11.5 Å². The molecule has 0 aliphatic carbocycles. The molecular formula is C25H28N4O3. The maximum absolute atomic E-state index is 5.73. The zero-order valence-corrected chi connectivity index (χ0v) is 18.6. The Hall–Kier alpha value is -3.32. The first-order valence-corrected chi connectivity index (χ1v) is 11.3. The van der Waals surface area contributed by atoms with E-state index in [1.807, 2.05) is 38.1 Å². The minimum Gasteiger partial charge on any atom is -0.490 e. The summed E-state index contributed by atoms with van der Waals surface area (Å²) in [6, 6.07) is 11.9. The number of benzene rings is 2. The van der Waals surface area contributed by atoms with Gasteiger partial charge in [0.1, 0.15) is 0 Å². The Morgan fingerprint density at radius 3 is 2.56 bits per heavy atom. The van der Waals surface area contributed by atoms with Gasteiger partial charge >= 0.3 is 0 Å². The lowest BCUT2D eigenvalue weighted by molar-refractivity contribution is 0.288. The molecule has 2 aromatic heterocycles. The highest BCUT2D eigenvalue weighted by Crippen LogP contribution is 2.33. The summed E-state index contributed by atoms with van der Waals surface area (Å²) < 4.78 is 17.0. The molecule has 0 bridgehead atoms. The number of likely N-dealkylation sites (tertiary alicyclic amines) is 1. The monoisotopic (exact) mass is 432 g/mol. The molecule has 3 heterocycles. The molecular weight excluding hydrogens is 404 g/mol. The summed E-state index contributed by atoms with van der Waals surface area (Å²) >= 11 is 0. The van der Waals surface area contributed by atoms with E-state index in [0.717, 1.165) is 23.2 Å². The average Bonchev–Trinajstić information content (AvgIpc) is 3.57. The second kappa shape index (κ2) is 9.04. The molecule has 1 fully saturated rings. The van der Waals surface area contributed by atoms with E-state index in [9.17, 15) is 0 Å². The van der Waals surface area contributed by atoms with Crippen molar-refractivity contribution in [2.45, 2.75) is 33.2 Å². The fourth-order valence-electron chi connectivity index (χ4n) is 4.27. The Kier molecular flexibility index (Phi) is 5.81. The maximum atomic E-state index is 5.73. The number of ether oxygens (including phenoxy) is 2. The van der Waals surface area contributed by atoms with Crippen LogP contribution in [-0.4, -0.2) is 46.3 Å². The number of aromatic nitrogens is 3. The van der Waals surface area contributed by atoms with E-state index in [1.165, 1.54) is 36.9 Å². The van der Waals surface area contributed by atoms with Crippen molar-refractivity contribution in [1.29, 1.82) is 0 Å². The first-order valence-electron chi connectivity index (χ1n) is 11.3. The van der Waals surface area contributed by atoms with Gasteiger partial charge in [-0.2, -0.15) is 4.98 Å². The van der Waals surface area contributed by atoms with Gasteiger partial charge in [-0.1, -0.05) is 5.16 Å². The highest BCUT2D eigenvalue weighted by Gasteiger charge is 2.17. The van der Waals surface area contributed by atoms with Crippen LogP contribution in [0.2, 0.25) is 0 Å². The summed E-state index contributed by atoms with van der Waals surface area (Å²) in [5.41, 5.74) is 4.17. The fraction of sp³-hybridized carbons (Fsp3) is 0.360. The van der Waals surface area contributed by atoms with Crippen molar-refractivity contribution < 1.29 is 14.0 Å². The summed E-state index contributed by atoms with van der Waals surface area (Å²) in [4.78, 5) is 10.5. The second-order valence-electron chi connectivity index (χ2n) is 8.01. The quantitative estimate of drug-likeness (QED) is 0.408. The molecule has 2 aromatic carbocycles. The van der Waals surface area contributed by atoms with Crippen molar-refractivity contribution in [2.75, 3.05) is 26.3 Å². The number of nitrogens with one attached hydrogen (secondary N) is 1. The van der Waals surface area contributed by atoms with Crippen LogP contribution in [0.25, 0.3) is 33.7 Å². The van der Waals surface area contributed by atoms with E-state index < -0.39 is 0 Å². The third-order valence-corrected chi connectivity index (χ3v) is 5.83. The number of nitrogens with zero attached hydrogens (tertiary/aromatic N) is 3. The standard InChI is InChI=1S/C25H28N4O3/c1-3-30-22-10-8-18(14-23(22)31-4-2)25-27-24(28-32-25)17-7-9-21-20(13-17)19(15-26-21)16-29-11-5-6-12-29/h7-10,13-15,26H,3-6,11-12,16H2,1-2H3. The van der Waals surface area contributed by atoms with Gasteiger partial charge in [-0.3, -0.25) is 4.90 Å². The Morgan fingerprint density at radius 2 is 1.75 bits per heavy atom. The summed E-state index contributed by atoms with van der Waals surface area (Å²) in [5, 5.41) is 5.45.